The van der Waals surface area contributed by atoms with E-state index < -0.39 is 12.0 Å². The van der Waals surface area contributed by atoms with Crippen molar-refractivity contribution < 1.29 is 32.9 Å². The predicted molar refractivity (Wildman–Crippen MR) is 92.3 cm³/mol. The van der Waals surface area contributed by atoms with Gasteiger partial charge in [-0.1, -0.05) is 0 Å². The maximum atomic E-state index is 13.5. The van der Waals surface area contributed by atoms with E-state index in [-0.39, 0.29) is 19.2 Å². The smallest absolute Gasteiger partial charge is 0.231 e. The first-order valence-corrected chi connectivity index (χ1v) is 8.60. The van der Waals surface area contributed by atoms with Gasteiger partial charge in [-0.3, -0.25) is 4.79 Å². The van der Waals surface area contributed by atoms with E-state index in [9.17, 15) is 4.79 Å². The molecule has 136 valence electrons. The Morgan fingerprint density at radius 2 is 1.93 bits per heavy atom. The van der Waals surface area contributed by atoms with Crippen molar-refractivity contribution in [1.82, 2.24) is 0 Å². The van der Waals surface area contributed by atoms with Gasteiger partial charge in [0.25, 0.3) is 0 Å². The second kappa shape index (κ2) is 5.09. The minimum absolute atomic E-state index is 0.0361. The lowest BCUT2D eigenvalue weighted by Crippen LogP contribution is -2.43. The van der Waals surface area contributed by atoms with Crippen molar-refractivity contribution in [3.8, 4) is 28.7 Å². The van der Waals surface area contributed by atoms with Gasteiger partial charge in [0.2, 0.25) is 12.5 Å². The third kappa shape index (κ3) is 1.88. The number of carbonyl (C=O) groups is 1. The highest BCUT2D eigenvalue weighted by molar-refractivity contribution is 6.09. The van der Waals surface area contributed by atoms with E-state index in [1.807, 2.05) is 6.07 Å². The summed E-state index contributed by atoms with van der Waals surface area (Å²) in [5.74, 6) is 2.17. The van der Waals surface area contributed by atoms with Crippen LogP contribution in [-0.4, -0.2) is 32.4 Å². The molecule has 27 heavy (non-hydrogen) atoms. The molecule has 0 N–H and O–H groups in total. The quantitative estimate of drug-likeness (QED) is 0.654. The first kappa shape index (κ1) is 14.8. The highest BCUT2D eigenvalue weighted by Gasteiger charge is 2.45. The van der Waals surface area contributed by atoms with Gasteiger partial charge in [-0.05, 0) is 18.2 Å². The molecular formula is C20H14O7. The molecular weight excluding hydrogens is 352 g/mol. The number of methoxy groups -OCH3 is 1. The Hall–Kier alpha value is -3.35. The molecule has 4 heterocycles. The summed E-state index contributed by atoms with van der Waals surface area (Å²) in [5, 5.41) is 0.791. The fourth-order valence-electron chi connectivity index (χ4n) is 4.06. The Balaban J connectivity index is 1.54. The van der Waals surface area contributed by atoms with Crippen LogP contribution in [0.3, 0.4) is 0 Å². The number of benzene rings is 2. The topological polar surface area (TPSA) is 76.4 Å². The van der Waals surface area contributed by atoms with Crippen LogP contribution in [0.5, 0.6) is 28.7 Å². The monoisotopic (exact) mass is 366 g/mol. The van der Waals surface area contributed by atoms with E-state index in [2.05, 4.69) is 0 Å². The van der Waals surface area contributed by atoms with E-state index in [0.29, 0.717) is 39.9 Å². The van der Waals surface area contributed by atoms with E-state index in [0.717, 1.165) is 10.9 Å². The van der Waals surface area contributed by atoms with Gasteiger partial charge in [0.1, 0.15) is 18.5 Å². The Morgan fingerprint density at radius 1 is 1.07 bits per heavy atom. The Kier molecular flexibility index (Phi) is 2.79. The van der Waals surface area contributed by atoms with Crippen molar-refractivity contribution in [2.24, 2.45) is 0 Å². The van der Waals surface area contributed by atoms with Gasteiger partial charge in [0, 0.05) is 17.0 Å². The highest BCUT2D eigenvalue weighted by Crippen LogP contribution is 2.50. The van der Waals surface area contributed by atoms with E-state index in [1.54, 1.807) is 24.5 Å². The maximum Gasteiger partial charge on any atom is 0.231 e. The molecule has 3 aliphatic heterocycles. The molecule has 7 nitrogen and oxygen atoms in total. The fraction of sp³-hybridized carbons (Fsp3) is 0.250. The third-order valence-corrected chi connectivity index (χ3v) is 5.29. The molecule has 0 spiro atoms. The van der Waals surface area contributed by atoms with Gasteiger partial charge in [-0.25, -0.2) is 0 Å². The van der Waals surface area contributed by atoms with Crippen LogP contribution >= 0.6 is 0 Å². The molecule has 3 aromatic rings. The molecule has 0 fully saturated rings. The van der Waals surface area contributed by atoms with Crippen molar-refractivity contribution in [3.63, 3.8) is 0 Å². The standard InChI is InChI=1S/C20H14O7/c1-22-20-18-9(2-3-23-18)4-11-17(21)16-10-5-13-14(26-8-25-13)6-12(10)24-7-15(16)27-19(11)20/h2-6,15-16H,7-8H2,1H3/t15-,16+/m0/s1. The largest absolute Gasteiger partial charge is 0.490 e. The van der Waals surface area contributed by atoms with E-state index >= 15 is 0 Å². The highest BCUT2D eigenvalue weighted by atomic mass is 16.7. The second-order valence-electron chi connectivity index (χ2n) is 6.68. The number of hydrogen-bond acceptors (Lipinski definition) is 7. The number of carbonyl (C=O) groups excluding carboxylic acids is 1. The van der Waals surface area contributed by atoms with Crippen molar-refractivity contribution in [2.75, 3.05) is 20.5 Å². The molecule has 0 saturated carbocycles. The van der Waals surface area contributed by atoms with Gasteiger partial charge in [-0.15, -0.1) is 0 Å². The Bertz CT molecular complexity index is 1110. The summed E-state index contributed by atoms with van der Waals surface area (Å²) >= 11 is 0. The number of rotatable bonds is 1. The van der Waals surface area contributed by atoms with Crippen molar-refractivity contribution in [3.05, 3.63) is 41.7 Å². The molecule has 2 aromatic carbocycles. The molecule has 0 radical (unpaired) electrons. The second-order valence-corrected chi connectivity index (χ2v) is 6.68. The van der Waals surface area contributed by atoms with Gasteiger partial charge in [-0.2, -0.15) is 0 Å². The van der Waals surface area contributed by atoms with Gasteiger partial charge >= 0.3 is 0 Å². The van der Waals surface area contributed by atoms with Crippen molar-refractivity contribution in [1.29, 1.82) is 0 Å². The average Bonchev–Trinajstić information content (AvgIpc) is 3.33. The summed E-state index contributed by atoms with van der Waals surface area (Å²) in [7, 11) is 1.53. The first-order valence-electron chi connectivity index (χ1n) is 8.60. The van der Waals surface area contributed by atoms with Crippen LogP contribution in [0, 0.1) is 0 Å². The summed E-state index contributed by atoms with van der Waals surface area (Å²) in [6, 6.07) is 7.18. The minimum Gasteiger partial charge on any atom is -0.490 e. The SMILES string of the molecule is COc1c2c(cc3ccoc13)C(=O)[C@@H]1c3cc4c(cc3OC[C@@H]1O2)OCO4. The Morgan fingerprint density at radius 3 is 2.78 bits per heavy atom. The fourth-order valence-corrected chi connectivity index (χ4v) is 4.06. The van der Waals surface area contributed by atoms with Gasteiger partial charge in [0.15, 0.2) is 28.6 Å². The summed E-state index contributed by atoms with van der Waals surface area (Å²) in [5.41, 5.74) is 1.79. The lowest BCUT2D eigenvalue weighted by Gasteiger charge is -2.37. The van der Waals surface area contributed by atoms with Gasteiger partial charge < -0.3 is 28.1 Å². The molecule has 0 bridgehead atoms. The maximum absolute atomic E-state index is 13.5. The van der Waals surface area contributed by atoms with E-state index in [4.69, 9.17) is 28.1 Å². The number of fused-ring (bicyclic) bond motifs is 6. The lowest BCUT2D eigenvalue weighted by molar-refractivity contribution is 0.0546. The molecule has 0 aliphatic carbocycles. The minimum atomic E-state index is -0.482. The molecule has 1 aromatic heterocycles. The molecule has 6 rings (SSSR count). The van der Waals surface area contributed by atoms with Crippen LogP contribution in [0.4, 0.5) is 0 Å². The summed E-state index contributed by atoms with van der Waals surface area (Å²) in [6.07, 6.45) is 1.11. The third-order valence-electron chi connectivity index (χ3n) is 5.29. The number of hydrogen-bond donors (Lipinski definition) is 0. The van der Waals surface area contributed by atoms with Gasteiger partial charge in [0.05, 0.1) is 24.9 Å². The van der Waals surface area contributed by atoms with Crippen LogP contribution in [0.1, 0.15) is 21.8 Å². The van der Waals surface area contributed by atoms with Crippen LogP contribution < -0.4 is 23.7 Å². The predicted octanol–water partition coefficient (Wildman–Crippen LogP) is 3.29. The lowest BCUT2D eigenvalue weighted by atomic mass is 9.81. The zero-order valence-electron chi connectivity index (χ0n) is 14.3. The molecule has 7 heteroatoms. The number of furan rings is 1. The normalized spacial score (nSPS) is 21.7. The van der Waals surface area contributed by atoms with Crippen molar-refractivity contribution >= 4 is 16.8 Å². The van der Waals surface area contributed by atoms with Crippen LogP contribution in [0.25, 0.3) is 11.0 Å². The molecule has 2 atom stereocenters. The van der Waals surface area contributed by atoms with Crippen LogP contribution in [-0.2, 0) is 0 Å². The summed E-state index contributed by atoms with van der Waals surface area (Å²) in [4.78, 5) is 13.5. The Labute approximate surface area is 153 Å². The molecule has 0 amide bonds. The number of Topliss-reactive ketones (excluding diaryl/α,β-unsaturated/α-hetero) is 1. The van der Waals surface area contributed by atoms with Crippen LogP contribution in [0.2, 0.25) is 0 Å². The summed E-state index contributed by atoms with van der Waals surface area (Å²) < 4.78 is 33.9. The van der Waals surface area contributed by atoms with E-state index in [1.165, 1.54) is 7.11 Å². The van der Waals surface area contributed by atoms with Crippen LogP contribution in [0.15, 0.2) is 34.9 Å². The van der Waals surface area contributed by atoms with Crippen molar-refractivity contribution in [2.45, 2.75) is 12.0 Å². The average molecular weight is 366 g/mol. The number of ketones is 1. The molecule has 3 aliphatic rings. The first-order chi connectivity index (χ1) is 13.2. The zero-order chi connectivity index (χ0) is 18.1. The number of ether oxygens (including phenoxy) is 5. The molecule has 0 unspecified atom stereocenters. The summed E-state index contributed by atoms with van der Waals surface area (Å²) in [6.45, 7) is 0.414. The zero-order valence-corrected chi connectivity index (χ0v) is 14.3. The molecule has 0 saturated heterocycles.